The van der Waals surface area contributed by atoms with E-state index in [-0.39, 0.29) is 5.82 Å². The van der Waals surface area contributed by atoms with E-state index < -0.39 is 0 Å². The molecule has 3 heterocycles. The molecule has 6 rings (SSSR count). The molecule has 0 unspecified atom stereocenters. The molecule has 0 atom stereocenters. The van der Waals surface area contributed by atoms with Crippen LogP contribution in [-0.2, 0) is 6.42 Å². The van der Waals surface area contributed by atoms with Gasteiger partial charge in [0.2, 0.25) is 0 Å². The van der Waals surface area contributed by atoms with Gasteiger partial charge in [-0.05, 0) is 71.3 Å². The number of fused-ring (bicyclic) bond motifs is 3. The van der Waals surface area contributed by atoms with Gasteiger partial charge < -0.3 is 4.42 Å². The zero-order valence-electron chi connectivity index (χ0n) is 17.7. The molecule has 0 aliphatic heterocycles. The lowest BCUT2D eigenvalue weighted by molar-refractivity contribution is 0.628. The highest BCUT2D eigenvalue weighted by Crippen LogP contribution is 2.32. The second-order valence-electron chi connectivity index (χ2n) is 8.06. The van der Waals surface area contributed by atoms with Gasteiger partial charge in [0, 0.05) is 29.3 Å². The number of halogens is 1. The molecule has 3 aromatic heterocycles. The van der Waals surface area contributed by atoms with Crippen molar-refractivity contribution in [3.05, 3.63) is 120 Å². The number of hydrogen-bond acceptors (Lipinski definition) is 3. The van der Waals surface area contributed by atoms with Crippen LogP contribution in [0.25, 0.3) is 44.5 Å². The van der Waals surface area contributed by atoms with E-state index in [0.717, 1.165) is 56.6 Å². The van der Waals surface area contributed by atoms with Crippen molar-refractivity contribution >= 4 is 22.1 Å². The van der Waals surface area contributed by atoms with E-state index in [0.29, 0.717) is 0 Å². The summed E-state index contributed by atoms with van der Waals surface area (Å²) in [6.07, 6.45) is 2.55. The molecular weight excluding hydrogens is 411 g/mol. The summed E-state index contributed by atoms with van der Waals surface area (Å²) in [5, 5.41) is 0.964. The zero-order valence-corrected chi connectivity index (χ0v) is 17.7. The summed E-state index contributed by atoms with van der Waals surface area (Å²) in [4.78, 5) is 9.49. The number of aromatic nitrogens is 2. The van der Waals surface area contributed by atoms with Gasteiger partial charge in [-0.25, -0.2) is 9.37 Å². The van der Waals surface area contributed by atoms with Gasteiger partial charge in [-0.15, -0.1) is 0 Å². The lowest BCUT2D eigenvalue weighted by Gasteiger charge is -2.06. The van der Waals surface area contributed by atoms with Crippen LogP contribution in [-0.4, -0.2) is 9.97 Å². The van der Waals surface area contributed by atoms with Crippen LogP contribution in [0, 0.1) is 5.82 Å². The molecule has 0 saturated carbocycles. The van der Waals surface area contributed by atoms with Gasteiger partial charge in [-0.1, -0.05) is 42.5 Å². The summed E-state index contributed by atoms with van der Waals surface area (Å²) in [5.41, 5.74) is 8.40. The molecule has 158 valence electrons. The van der Waals surface area contributed by atoms with Gasteiger partial charge in [0.25, 0.3) is 0 Å². The highest BCUT2D eigenvalue weighted by molar-refractivity contribution is 6.04. The predicted molar refractivity (Wildman–Crippen MR) is 129 cm³/mol. The fourth-order valence-electron chi connectivity index (χ4n) is 4.16. The van der Waals surface area contributed by atoms with E-state index in [4.69, 9.17) is 9.40 Å². The summed E-state index contributed by atoms with van der Waals surface area (Å²) in [6.45, 7) is 0. The van der Waals surface area contributed by atoms with Gasteiger partial charge in [0.15, 0.2) is 5.58 Å². The van der Waals surface area contributed by atoms with E-state index in [2.05, 4.69) is 23.2 Å². The molecule has 6 aromatic rings. The van der Waals surface area contributed by atoms with Crippen molar-refractivity contribution in [1.29, 1.82) is 0 Å². The first-order valence-electron chi connectivity index (χ1n) is 10.8. The van der Waals surface area contributed by atoms with Crippen LogP contribution in [0.5, 0.6) is 0 Å². The highest BCUT2D eigenvalue weighted by atomic mass is 19.1. The second kappa shape index (κ2) is 7.99. The van der Waals surface area contributed by atoms with Crippen molar-refractivity contribution in [2.45, 2.75) is 6.42 Å². The van der Waals surface area contributed by atoms with Crippen molar-refractivity contribution in [3.8, 4) is 22.4 Å². The third-order valence-electron chi connectivity index (χ3n) is 5.83. The summed E-state index contributed by atoms with van der Waals surface area (Å²) >= 11 is 0. The molecule has 0 N–H and O–H groups in total. The average Bonchev–Trinajstić information content (AvgIpc) is 3.22. The van der Waals surface area contributed by atoms with Gasteiger partial charge in [0.1, 0.15) is 16.9 Å². The van der Waals surface area contributed by atoms with Gasteiger partial charge in [-0.3, -0.25) is 4.98 Å². The van der Waals surface area contributed by atoms with Gasteiger partial charge >= 0.3 is 0 Å². The minimum absolute atomic E-state index is 0.246. The Hall–Kier alpha value is -4.31. The van der Waals surface area contributed by atoms with Crippen LogP contribution < -0.4 is 0 Å². The van der Waals surface area contributed by atoms with Crippen molar-refractivity contribution in [2.24, 2.45) is 0 Å². The number of hydrogen-bond donors (Lipinski definition) is 0. The predicted octanol–water partition coefficient (Wildman–Crippen LogP) is 7.44. The third kappa shape index (κ3) is 3.76. The van der Waals surface area contributed by atoms with E-state index >= 15 is 0 Å². The molecule has 3 aromatic carbocycles. The lowest BCUT2D eigenvalue weighted by atomic mass is 10.0. The summed E-state index contributed by atoms with van der Waals surface area (Å²) in [6, 6.07) is 30.8. The molecule has 33 heavy (non-hydrogen) atoms. The van der Waals surface area contributed by atoms with Crippen molar-refractivity contribution < 1.29 is 8.81 Å². The van der Waals surface area contributed by atoms with Crippen LogP contribution in [0.3, 0.4) is 0 Å². The van der Waals surface area contributed by atoms with Crippen LogP contribution in [0.4, 0.5) is 4.39 Å². The van der Waals surface area contributed by atoms with Crippen LogP contribution in [0.15, 0.2) is 108 Å². The van der Waals surface area contributed by atoms with Crippen LogP contribution in [0.2, 0.25) is 0 Å². The van der Waals surface area contributed by atoms with Crippen LogP contribution >= 0.6 is 0 Å². The summed E-state index contributed by atoms with van der Waals surface area (Å²) in [7, 11) is 0. The molecule has 0 bridgehead atoms. The minimum Gasteiger partial charge on any atom is -0.454 e. The first-order chi connectivity index (χ1) is 16.2. The van der Waals surface area contributed by atoms with Crippen LogP contribution in [0.1, 0.15) is 11.3 Å². The Balaban J connectivity index is 1.41. The lowest BCUT2D eigenvalue weighted by Crippen LogP contribution is -1.91. The molecule has 0 fully saturated rings. The molecule has 0 aliphatic carbocycles. The normalized spacial score (nSPS) is 11.3. The Bertz CT molecular complexity index is 1590. The first-order valence-corrected chi connectivity index (χ1v) is 10.8. The maximum Gasteiger partial charge on any atom is 0.153 e. The molecule has 3 nitrogen and oxygen atoms in total. The Morgan fingerprint density at radius 3 is 2.33 bits per heavy atom. The Kier molecular flexibility index (Phi) is 4.69. The summed E-state index contributed by atoms with van der Waals surface area (Å²) in [5.74, 6) is -0.246. The molecular formula is C29H19FN2O. The number of rotatable bonds is 4. The maximum atomic E-state index is 13.3. The SMILES string of the molecule is Fc1ccc(-c2ccnc(-c3ccc4oc5ccc(Cc6ccccc6)nc5c4c3)c2)cc1. The van der Waals surface area contributed by atoms with Gasteiger partial charge in [0.05, 0.1) is 5.69 Å². The van der Waals surface area contributed by atoms with Crippen molar-refractivity contribution in [1.82, 2.24) is 9.97 Å². The monoisotopic (exact) mass is 430 g/mol. The Morgan fingerprint density at radius 2 is 1.48 bits per heavy atom. The smallest absolute Gasteiger partial charge is 0.153 e. The minimum atomic E-state index is -0.246. The third-order valence-corrected chi connectivity index (χ3v) is 5.83. The van der Waals surface area contributed by atoms with Crippen molar-refractivity contribution in [3.63, 3.8) is 0 Å². The van der Waals surface area contributed by atoms with E-state index in [1.165, 1.54) is 17.7 Å². The molecule has 4 heteroatoms. The fraction of sp³-hybridized carbons (Fsp3) is 0.0345. The molecule has 0 spiro atoms. The molecule has 0 aliphatic rings. The van der Waals surface area contributed by atoms with E-state index in [1.807, 2.05) is 54.6 Å². The first kappa shape index (κ1) is 19.4. The number of benzene rings is 3. The van der Waals surface area contributed by atoms with E-state index in [9.17, 15) is 4.39 Å². The van der Waals surface area contributed by atoms with E-state index in [1.54, 1.807) is 18.3 Å². The van der Waals surface area contributed by atoms with Crippen molar-refractivity contribution in [2.75, 3.05) is 0 Å². The Morgan fingerprint density at radius 1 is 0.697 bits per heavy atom. The Labute approximate surface area is 190 Å². The zero-order chi connectivity index (χ0) is 22.2. The molecule has 0 amide bonds. The number of pyridine rings is 2. The second-order valence-corrected chi connectivity index (χ2v) is 8.06. The molecule has 0 saturated heterocycles. The number of nitrogens with zero attached hydrogens (tertiary/aromatic N) is 2. The average molecular weight is 430 g/mol. The van der Waals surface area contributed by atoms with Gasteiger partial charge in [-0.2, -0.15) is 0 Å². The fourth-order valence-corrected chi connectivity index (χ4v) is 4.16. The largest absolute Gasteiger partial charge is 0.454 e. The highest BCUT2D eigenvalue weighted by Gasteiger charge is 2.12. The maximum absolute atomic E-state index is 13.3. The standard InChI is InChI=1S/C29H19FN2O/c30-23-9-6-20(7-10-23)21-14-15-31-26(18-21)22-8-12-27-25(17-22)29-28(33-27)13-11-24(32-29)16-19-4-2-1-3-5-19/h1-15,17-18H,16H2. The quantitative estimate of drug-likeness (QED) is 0.292. The molecule has 0 radical (unpaired) electrons. The number of furan rings is 1. The topological polar surface area (TPSA) is 38.9 Å². The summed E-state index contributed by atoms with van der Waals surface area (Å²) < 4.78 is 19.3.